The predicted octanol–water partition coefficient (Wildman–Crippen LogP) is 6.31. The van der Waals surface area contributed by atoms with Gasteiger partial charge in [-0.05, 0) is 35.9 Å². The Labute approximate surface area is 267 Å². The molecule has 3 heterocycles. The molecule has 1 fully saturated rings. The van der Waals surface area contributed by atoms with Crippen molar-refractivity contribution in [3.8, 4) is 5.75 Å². The fraction of sp³-hybridized carbons (Fsp3) is 0.367. The van der Waals surface area contributed by atoms with Gasteiger partial charge in [0.15, 0.2) is 5.13 Å². The number of hydrogen-bond acceptors (Lipinski definition) is 8. The number of halogens is 5. The van der Waals surface area contributed by atoms with E-state index in [0.29, 0.717) is 16.2 Å². The molecule has 1 N–H and O–H groups in total. The Hall–Kier alpha value is -3.89. The number of aromatic nitrogens is 2. The molecule has 0 aliphatic carbocycles. The van der Waals surface area contributed by atoms with Crippen molar-refractivity contribution in [1.29, 1.82) is 0 Å². The first-order valence-corrected chi connectivity index (χ1v) is 16.6. The molecule has 1 saturated heterocycles. The number of thiazole rings is 1. The van der Waals surface area contributed by atoms with Crippen LogP contribution in [0.5, 0.6) is 5.75 Å². The fourth-order valence-electron chi connectivity index (χ4n) is 4.67. The monoisotopic (exact) mass is 685 g/mol. The highest BCUT2D eigenvalue weighted by Gasteiger charge is 2.41. The van der Waals surface area contributed by atoms with Crippen molar-refractivity contribution in [1.82, 2.24) is 19.6 Å². The number of pyridine rings is 1. The van der Waals surface area contributed by atoms with Crippen molar-refractivity contribution >= 4 is 42.6 Å². The summed E-state index contributed by atoms with van der Waals surface area (Å²) < 4.78 is 98.8. The van der Waals surface area contributed by atoms with Crippen LogP contribution in [0.4, 0.5) is 27.1 Å². The maximum absolute atomic E-state index is 14.0. The third-order valence-electron chi connectivity index (χ3n) is 7.04. The summed E-state index contributed by atoms with van der Waals surface area (Å²) in [5, 5.41) is 3.26. The molecule has 46 heavy (non-hydrogen) atoms. The van der Waals surface area contributed by atoms with Crippen LogP contribution in [0, 0.1) is 0 Å². The SMILES string of the molecule is CC.CCC(F)(F)c1ccc(CNC(=O)[C@H]2CN(c3nc4ccncc4s3)CCN2S(=O)(=O)c2ccc(OC(F)(F)F)cc2)cc1. The molecule has 0 saturated carbocycles. The molecular weight excluding hydrogens is 653 g/mol. The molecule has 5 rings (SSSR count). The average Bonchev–Trinajstić information content (AvgIpc) is 3.48. The number of benzene rings is 2. The summed E-state index contributed by atoms with van der Waals surface area (Å²) >= 11 is 1.33. The molecular formula is C30H32F5N5O4S2. The van der Waals surface area contributed by atoms with Crippen molar-refractivity contribution < 1.29 is 39.9 Å². The maximum Gasteiger partial charge on any atom is 0.573 e. The van der Waals surface area contributed by atoms with Crippen molar-refractivity contribution in [2.24, 2.45) is 0 Å². The van der Waals surface area contributed by atoms with E-state index in [0.717, 1.165) is 33.3 Å². The summed E-state index contributed by atoms with van der Waals surface area (Å²) in [5.74, 6) is -4.24. The zero-order valence-electron chi connectivity index (χ0n) is 25.1. The highest BCUT2D eigenvalue weighted by molar-refractivity contribution is 7.89. The molecule has 4 aromatic rings. The average molecular weight is 686 g/mol. The number of sulfonamides is 1. The highest BCUT2D eigenvalue weighted by atomic mass is 32.2. The zero-order valence-corrected chi connectivity index (χ0v) is 26.7. The number of ether oxygens (including phenoxy) is 1. The van der Waals surface area contributed by atoms with Crippen molar-refractivity contribution in [3.63, 3.8) is 0 Å². The van der Waals surface area contributed by atoms with Gasteiger partial charge in [-0.2, -0.15) is 4.31 Å². The topological polar surface area (TPSA) is 105 Å². The van der Waals surface area contributed by atoms with Gasteiger partial charge in [-0.15, -0.1) is 13.2 Å². The van der Waals surface area contributed by atoms with Gasteiger partial charge < -0.3 is 15.0 Å². The molecule has 1 aliphatic rings. The minimum Gasteiger partial charge on any atom is -0.406 e. The smallest absolute Gasteiger partial charge is 0.406 e. The summed E-state index contributed by atoms with van der Waals surface area (Å²) in [4.78, 5) is 23.7. The number of amides is 1. The van der Waals surface area contributed by atoms with Gasteiger partial charge in [0.1, 0.15) is 11.8 Å². The molecule has 0 radical (unpaired) electrons. The molecule has 1 atom stereocenters. The van der Waals surface area contributed by atoms with Crippen LogP contribution in [0.15, 0.2) is 71.9 Å². The number of alkyl halides is 5. The van der Waals surface area contributed by atoms with Crippen LogP contribution >= 0.6 is 11.3 Å². The Morgan fingerprint density at radius 1 is 1.02 bits per heavy atom. The zero-order chi connectivity index (χ0) is 33.7. The lowest BCUT2D eigenvalue weighted by Crippen LogP contribution is -2.60. The second-order valence-corrected chi connectivity index (χ2v) is 12.8. The van der Waals surface area contributed by atoms with E-state index in [4.69, 9.17) is 0 Å². The molecule has 9 nitrogen and oxygen atoms in total. The third kappa shape index (κ3) is 8.09. The second kappa shape index (κ2) is 14.3. The van der Waals surface area contributed by atoms with E-state index in [1.165, 1.54) is 42.5 Å². The van der Waals surface area contributed by atoms with E-state index in [-0.39, 0.29) is 43.1 Å². The number of nitrogens with one attached hydrogen (secondary N) is 1. The van der Waals surface area contributed by atoms with E-state index in [2.05, 4.69) is 20.0 Å². The van der Waals surface area contributed by atoms with Crippen LogP contribution in [0.1, 0.15) is 38.3 Å². The first-order valence-electron chi connectivity index (χ1n) is 14.3. The Balaban J connectivity index is 0.00000235. The predicted molar refractivity (Wildman–Crippen MR) is 164 cm³/mol. The second-order valence-electron chi connectivity index (χ2n) is 9.91. The lowest BCUT2D eigenvalue weighted by Gasteiger charge is -2.39. The number of carbonyl (C=O) groups is 1. The molecule has 16 heteroatoms. The summed E-state index contributed by atoms with van der Waals surface area (Å²) in [5.41, 5.74) is 1.05. The molecule has 0 unspecified atom stereocenters. The van der Waals surface area contributed by atoms with Crippen LogP contribution in [0.25, 0.3) is 10.2 Å². The molecule has 0 spiro atoms. The van der Waals surface area contributed by atoms with E-state index in [1.807, 2.05) is 13.8 Å². The minimum atomic E-state index is -4.95. The summed E-state index contributed by atoms with van der Waals surface area (Å²) in [6, 6.07) is 9.66. The van der Waals surface area contributed by atoms with Crippen molar-refractivity contribution in [2.45, 2.75) is 57.0 Å². The molecule has 1 aliphatic heterocycles. The quantitative estimate of drug-likeness (QED) is 0.206. The van der Waals surface area contributed by atoms with Gasteiger partial charge in [-0.1, -0.05) is 56.4 Å². The van der Waals surface area contributed by atoms with E-state index in [1.54, 1.807) is 23.4 Å². The van der Waals surface area contributed by atoms with Gasteiger partial charge in [0.2, 0.25) is 15.9 Å². The molecule has 0 bridgehead atoms. The Morgan fingerprint density at radius 2 is 1.70 bits per heavy atom. The first-order chi connectivity index (χ1) is 21.8. The number of piperazine rings is 1. The number of rotatable bonds is 9. The summed E-state index contributed by atoms with van der Waals surface area (Å²) in [6.07, 6.45) is -2.08. The van der Waals surface area contributed by atoms with Crippen LogP contribution in [-0.2, 0) is 27.3 Å². The van der Waals surface area contributed by atoms with Gasteiger partial charge >= 0.3 is 6.36 Å². The number of fused-ring (bicyclic) bond motifs is 1. The molecule has 1 amide bonds. The van der Waals surface area contributed by atoms with Crippen molar-refractivity contribution in [2.75, 3.05) is 24.5 Å². The van der Waals surface area contributed by atoms with Gasteiger partial charge in [0.25, 0.3) is 5.92 Å². The number of hydrogen-bond donors (Lipinski definition) is 1. The fourth-order valence-corrected chi connectivity index (χ4v) is 7.21. The number of carbonyl (C=O) groups excluding carboxylic acids is 1. The summed E-state index contributed by atoms with van der Waals surface area (Å²) in [7, 11) is -4.36. The number of anilines is 1. The third-order valence-corrected chi connectivity index (χ3v) is 10.0. The lowest BCUT2D eigenvalue weighted by atomic mass is 10.0. The first kappa shape index (κ1) is 35.0. The Bertz CT molecular complexity index is 1700. The Kier molecular flexibility index (Phi) is 10.8. The van der Waals surface area contributed by atoms with Gasteiger partial charge in [0.05, 0.1) is 15.1 Å². The van der Waals surface area contributed by atoms with Gasteiger partial charge in [-0.3, -0.25) is 9.78 Å². The molecule has 2 aromatic heterocycles. The van der Waals surface area contributed by atoms with Gasteiger partial charge in [0, 0.05) is 50.6 Å². The standard InChI is InChI=1S/C28H26F5N5O4S2.C2H6/c1-2-27(29,30)19-5-3-18(4-6-19)15-35-25(39)23-17-37(26-36-22-11-12-34-16-24(22)43-26)13-14-38(23)44(40,41)21-9-7-20(8-10-21)42-28(31,32)33;1-2/h3-12,16,23H,2,13-15,17H2,1H3,(H,35,39);1-2H3/t23-;/m1./s1. The maximum atomic E-state index is 14.0. The lowest BCUT2D eigenvalue weighted by molar-refractivity contribution is -0.274. The normalized spacial score (nSPS) is 16.1. The summed E-state index contributed by atoms with van der Waals surface area (Å²) in [6.45, 7) is 5.29. The van der Waals surface area contributed by atoms with E-state index < -0.39 is 40.0 Å². The van der Waals surface area contributed by atoms with Crippen LogP contribution < -0.4 is 15.0 Å². The highest BCUT2D eigenvalue weighted by Crippen LogP contribution is 2.33. The van der Waals surface area contributed by atoms with E-state index in [9.17, 15) is 35.2 Å². The minimum absolute atomic E-state index is 0.0581. The van der Waals surface area contributed by atoms with Crippen LogP contribution in [-0.4, -0.2) is 60.6 Å². The van der Waals surface area contributed by atoms with Crippen molar-refractivity contribution in [3.05, 3.63) is 78.1 Å². The molecule has 2 aromatic carbocycles. The van der Waals surface area contributed by atoms with Crippen LogP contribution in [0.2, 0.25) is 0 Å². The van der Waals surface area contributed by atoms with Gasteiger partial charge in [-0.25, -0.2) is 22.2 Å². The largest absolute Gasteiger partial charge is 0.573 e. The number of nitrogens with zero attached hydrogens (tertiary/aromatic N) is 4. The Morgan fingerprint density at radius 3 is 2.30 bits per heavy atom. The van der Waals surface area contributed by atoms with Crippen LogP contribution in [0.3, 0.4) is 0 Å². The molecule has 248 valence electrons. The van der Waals surface area contributed by atoms with E-state index >= 15 is 0 Å².